The van der Waals surface area contributed by atoms with Crippen LogP contribution in [-0.4, -0.2) is 25.2 Å². The minimum atomic E-state index is -0.487. The minimum absolute atomic E-state index is 0.0555. The molecule has 150 valence electrons. The Bertz CT molecular complexity index is 770. The molecule has 0 fully saturated rings. The summed E-state index contributed by atoms with van der Waals surface area (Å²) in [5.74, 6) is 1.71. The van der Waals surface area contributed by atoms with Gasteiger partial charge >= 0.3 is 0 Å². The Labute approximate surface area is 168 Å². The van der Waals surface area contributed by atoms with Gasteiger partial charge in [-0.15, -0.1) is 0 Å². The van der Waals surface area contributed by atoms with Crippen LogP contribution >= 0.6 is 0 Å². The van der Waals surface area contributed by atoms with Crippen LogP contribution < -0.4 is 14.8 Å². The van der Waals surface area contributed by atoms with Crippen molar-refractivity contribution in [2.45, 2.75) is 58.5 Å². The van der Waals surface area contributed by atoms with E-state index in [0.717, 1.165) is 37.2 Å². The van der Waals surface area contributed by atoms with E-state index in [-0.39, 0.29) is 5.91 Å². The van der Waals surface area contributed by atoms with Crippen molar-refractivity contribution in [1.29, 1.82) is 0 Å². The number of amides is 1. The molecule has 1 aliphatic rings. The van der Waals surface area contributed by atoms with Crippen molar-refractivity contribution in [2.75, 3.05) is 13.2 Å². The molecule has 4 heteroatoms. The third-order valence-corrected chi connectivity index (χ3v) is 5.20. The van der Waals surface area contributed by atoms with Crippen molar-refractivity contribution in [3.05, 3.63) is 59.2 Å². The molecule has 0 saturated heterocycles. The largest absolute Gasteiger partial charge is 0.494 e. The first-order chi connectivity index (χ1) is 13.7. The third kappa shape index (κ3) is 5.51. The van der Waals surface area contributed by atoms with Crippen LogP contribution in [0, 0.1) is 0 Å². The molecule has 2 aromatic carbocycles. The molecule has 1 N–H and O–H groups in total. The number of benzene rings is 2. The Kier molecular flexibility index (Phi) is 7.35. The van der Waals surface area contributed by atoms with E-state index in [1.807, 2.05) is 38.1 Å². The van der Waals surface area contributed by atoms with Crippen molar-refractivity contribution in [3.8, 4) is 11.5 Å². The standard InChI is InChI=1S/C24H31NO3/c1-3-27-21-15-13-19(14-16-21)8-7-17-25-24(26)18(2)28-23-12-6-10-20-9-4-5-11-22(20)23/h6,10,12-16,18H,3-5,7-9,11,17H2,1-2H3,(H,25,26). The van der Waals surface area contributed by atoms with Crippen molar-refractivity contribution in [2.24, 2.45) is 0 Å². The first-order valence-electron chi connectivity index (χ1n) is 10.4. The average molecular weight is 382 g/mol. The Hall–Kier alpha value is -2.49. The van der Waals surface area contributed by atoms with E-state index in [9.17, 15) is 4.79 Å². The molecule has 1 aliphatic carbocycles. The van der Waals surface area contributed by atoms with Crippen LogP contribution in [0.25, 0.3) is 0 Å². The Balaban J connectivity index is 1.42. The Morgan fingerprint density at radius 2 is 1.89 bits per heavy atom. The summed E-state index contributed by atoms with van der Waals surface area (Å²) < 4.78 is 11.5. The molecule has 1 unspecified atom stereocenters. The second-order valence-corrected chi connectivity index (χ2v) is 7.33. The van der Waals surface area contributed by atoms with Gasteiger partial charge in [0.1, 0.15) is 11.5 Å². The zero-order valence-corrected chi connectivity index (χ0v) is 17.0. The lowest BCUT2D eigenvalue weighted by atomic mass is 9.91. The fraction of sp³-hybridized carbons (Fsp3) is 0.458. The molecule has 4 nitrogen and oxygen atoms in total. The summed E-state index contributed by atoms with van der Waals surface area (Å²) in [7, 11) is 0. The first-order valence-corrected chi connectivity index (χ1v) is 10.4. The number of carbonyl (C=O) groups excluding carboxylic acids is 1. The molecule has 0 heterocycles. The van der Waals surface area contributed by atoms with Crippen LogP contribution in [0.3, 0.4) is 0 Å². The second-order valence-electron chi connectivity index (χ2n) is 7.33. The lowest BCUT2D eigenvalue weighted by Crippen LogP contribution is -2.37. The highest BCUT2D eigenvalue weighted by Crippen LogP contribution is 2.30. The molecule has 0 bridgehead atoms. The van der Waals surface area contributed by atoms with Gasteiger partial charge in [-0.3, -0.25) is 4.79 Å². The molecule has 1 atom stereocenters. The van der Waals surface area contributed by atoms with E-state index in [2.05, 4.69) is 23.5 Å². The van der Waals surface area contributed by atoms with Crippen LogP contribution in [0.15, 0.2) is 42.5 Å². The predicted molar refractivity (Wildman–Crippen MR) is 112 cm³/mol. The zero-order chi connectivity index (χ0) is 19.8. The van der Waals surface area contributed by atoms with Gasteiger partial charge in [0.15, 0.2) is 6.10 Å². The zero-order valence-electron chi connectivity index (χ0n) is 17.0. The van der Waals surface area contributed by atoms with Gasteiger partial charge in [-0.1, -0.05) is 24.3 Å². The number of nitrogens with one attached hydrogen (secondary N) is 1. The van der Waals surface area contributed by atoms with Crippen LogP contribution in [0.2, 0.25) is 0 Å². The van der Waals surface area contributed by atoms with Gasteiger partial charge in [0.2, 0.25) is 0 Å². The van der Waals surface area contributed by atoms with Gasteiger partial charge in [0.25, 0.3) is 5.91 Å². The molecular weight excluding hydrogens is 350 g/mol. The van der Waals surface area contributed by atoms with Crippen LogP contribution in [0.5, 0.6) is 11.5 Å². The Morgan fingerprint density at radius 1 is 1.11 bits per heavy atom. The first kappa shape index (κ1) is 20.2. The summed E-state index contributed by atoms with van der Waals surface area (Å²) in [4.78, 5) is 12.4. The molecule has 0 aromatic heterocycles. The molecular formula is C24H31NO3. The number of fused-ring (bicyclic) bond motifs is 1. The highest BCUT2D eigenvalue weighted by Gasteiger charge is 2.19. The van der Waals surface area contributed by atoms with E-state index in [0.29, 0.717) is 13.2 Å². The van der Waals surface area contributed by atoms with Gasteiger partial charge in [-0.2, -0.15) is 0 Å². The lowest BCUT2D eigenvalue weighted by Gasteiger charge is -2.22. The van der Waals surface area contributed by atoms with Crippen molar-refractivity contribution < 1.29 is 14.3 Å². The topological polar surface area (TPSA) is 47.6 Å². The molecule has 28 heavy (non-hydrogen) atoms. The maximum absolute atomic E-state index is 12.4. The smallest absolute Gasteiger partial charge is 0.260 e. The van der Waals surface area contributed by atoms with E-state index in [4.69, 9.17) is 9.47 Å². The van der Waals surface area contributed by atoms with Gasteiger partial charge in [-0.25, -0.2) is 0 Å². The molecule has 0 aliphatic heterocycles. The summed E-state index contributed by atoms with van der Waals surface area (Å²) in [6.45, 7) is 5.13. The average Bonchev–Trinajstić information content (AvgIpc) is 2.72. The maximum Gasteiger partial charge on any atom is 0.260 e. The molecule has 0 spiro atoms. The van der Waals surface area contributed by atoms with Gasteiger partial charge in [-0.05, 0) is 87.3 Å². The monoisotopic (exact) mass is 381 g/mol. The summed E-state index contributed by atoms with van der Waals surface area (Å²) in [6, 6.07) is 14.3. The number of hydrogen-bond donors (Lipinski definition) is 1. The van der Waals surface area contributed by atoms with E-state index in [1.165, 1.54) is 29.5 Å². The normalized spacial score (nSPS) is 14.1. The van der Waals surface area contributed by atoms with Crippen molar-refractivity contribution in [1.82, 2.24) is 5.32 Å². The summed E-state index contributed by atoms with van der Waals surface area (Å²) in [5, 5.41) is 3.00. The van der Waals surface area contributed by atoms with Gasteiger partial charge in [0.05, 0.1) is 6.61 Å². The maximum atomic E-state index is 12.4. The predicted octanol–water partition coefficient (Wildman–Crippen LogP) is 4.48. The number of ether oxygens (including phenoxy) is 2. The number of hydrogen-bond acceptors (Lipinski definition) is 3. The second kappa shape index (κ2) is 10.2. The van der Waals surface area contributed by atoms with Crippen LogP contribution in [0.4, 0.5) is 0 Å². The quantitative estimate of drug-likeness (QED) is 0.652. The Morgan fingerprint density at radius 3 is 2.68 bits per heavy atom. The van der Waals surface area contributed by atoms with E-state index >= 15 is 0 Å². The molecule has 1 amide bonds. The molecule has 0 saturated carbocycles. The fourth-order valence-electron chi connectivity index (χ4n) is 3.67. The van der Waals surface area contributed by atoms with Crippen LogP contribution in [0.1, 0.15) is 49.8 Å². The lowest BCUT2D eigenvalue weighted by molar-refractivity contribution is -0.127. The minimum Gasteiger partial charge on any atom is -0.494 e. The van der Waals surface area contributed by atoms with E-state index in [1.54, 1.807) is 0 Å². The van der Waals surface area contributed by atoms with Crippen molar-refractivity contribution >= 4 is 5.91 Å². The van der Waals surface area contributed by atoms with Crippen LogP contribution in [-0.2, 0) is 24.1 Å². The number of rotatable bonds is 9. The van der Waals surface area contributed by atoms with Gasteiger partial charge < -0.3 is 14.8 Å². The van der Waals surface area contributed by atoms with Gasteiger partial charge in [0, 0.05) is 6.54 Å². The summed E-state index contributed by atoms with van der Waals surface area (Å²) >= 11 is 0. The molecule has 3 rings (SSSR count). The third-order valence-electron chi connectivity index (χ3n) is 5.20. The number of aryl methyl sites for hydroxylation is 2. The summed E-state index contributed by atoms with van der Waals surface area (Å²) in [6.07, 6.45) is 5.92. The highest BCUT2D eigenvalue weighted by molar-refractivity contribution is 5.80. The fourth-order valence-corrected chi connectivity index (χ4v) is 3.67. The number of carbonyl (C=O) groups is 1. The van der Waals surface area contributed by atoms with E-state index < -0.39 is 6.10 Å². The molecule has 2 aromatic rings. The molecule has 0 radical (unpaired) electrons. The summed E-state index contributed by atoms with van der Waals surface area (Å²) in [5.41, 5.74) is 3.90. The highest BCUT2D eigenvalue weighted by atomic mass is 16.5. The van der Waals surface area contributed by atoms with Crippen molar-refractivity contribution in [3.63, 3.8) is 0 Å². The SMILES string of the molecule is CCOc1ccc(CCCNC(=O)C(C)Oc2cccc3c2CCCC3)cc1.